The third-order valence-corrected chi connectivity index (χ3v) is 1.54. The Morgan fingerprint density at radius 2 is 1.67 bits per heavy atom. The summed E-state index contributed by atoms with van der Waals surface area (Å²) < 4.78 is 0. The van der Waals surface area contributed by atoms with Crippen molar-refractivity contribution in [2.24, 2.45) is 5.41 Å². The van der Waals surface area contributed by atoms with E-state index in [9.17, 15) is 0 Å². The van der Waals surface area contributed by atoms with Crippen molar-refractivity contribution in [2.75, 3.05) is 6.61 Å². The lowest BCUT2D eigenvalue weighted by atomic mass is 9.89. The Hall–Kier alpha value is -0.810. The minimum absolute atomic E-state index is 0.0324. The van der Waals surface area contributed by atoms with Crippen LogP contribution in [-0.2, 0) is 0 Å². The summed E-state index contributed by atoms with van der Waals surface area (Å²) in [5.41, 5.74) is -0.347. The van der Waals surface area contributed by atoms with Gasteiger partial charge in [-0.25, -0.2) is 4.79 Å². The van der Waals surface area contributed by atoms with Crippen molar-refractivity contribution in [1.82, 2.24) is 0 Å². The van der Waals surface area contributed by atoms with Crippen LogP contribution in [0.4, 0.5) is 4.79 Å². The lowest BCUT2D eigenvalue weighted by Gasteiger charge is -2.24. The fourth-order valence-corrected chi connectivity index (χ4v) is 0.132. The van der Waals surface area contributed by atoms with Crippen LogP contribution >= 0.6 is 0 Å². The molecule has 4 N–H and O–H groups in total. The summed E-state index contributed by atoms with van der Waals surface area (Å²) in [7, 11) is 0. The topological polar surface area (TPSA) is 98.0 Å². The minimum Gasteiger partial charge on any atom is -0.450 e. The molecule has 0 saturated heterocycles. The second kappa shape index (κ2) is 5.79. The van der Waals surface area contributed by atoms with Gasteiger partial charge in [0, 0.05) is 5.41 Å². The summed E-state index contributed by atoms with van der Waals surface area (Å²) in [6, 6.07) is 0. The number of aliphatic hydroxyl groups is 2. The average molecular weight is 180 g/mol. The molecule has 0 aliphatic rings. The second-order valence-corrected chi connectivity index (χ2v) is 3.11. The van der Waals surface area contributed by atoms with E-state index in [4.69, 9.17) is 25.2 Å². The number of carbonyl (C=O) groups is 1. The van der Waals surface area contributed by atoms with Crippen LogP contribution in [0.3, 0.4) is 0 Å². The molecule has 0 aliphatic heterocycles. The first-order valence-corrected chi connectivity index (χ1v) is 3.45. The van der Waals surface area contributed by atoms with Crippen molar-refractivity contribution < 1.29 is 25.2 Å². The van der Waals surface area contributed by atoms with Crippen LogP contribution in [0, 0.1) is 5.41 Å². The molecule has 0 aliphatic carbocycles. The Morgan fingerprint density at radius 3 is 1.67 bits per heavy atom. The van der Waals surface area contributed by atoms with Crippen molar-refractivity contribution in [3.05, 3.63) is 0 Å². The predicted octanol–water partition coefficient (Wildman–Crippen LogP) is 0.608. The maximum absolute atomic E-state index is 8.92. The lowest BCUT2D eigenvalue weighted by Crippen LogP contribution is -2.29. The van der Waals surface area contributed by atoms with Crippen molar-refractivity contribution in [1.29, 1.82) is 0 Å². The van der Waals surface area contributed by atoms with Gasteiger partial charge in [-0.1, -0.05) is 13.8 Å². The maximum atomic E-state index is 8.92. The smallest absolute Gasteiger partial charge is 0.450 e. The zero-order chi connectivity index (χ0) is 10.4. The van der Waals surface area contributed by atoms with Crippen molar-refractivity contribution in [2.45, 2.75) is 26.9 Å². The van der Waals surface area contributed by atoms with Crippen LogP contribution in [0.25, 0.3) is 0 Å². The molecular formula is C7H16O5. The van der Waals surface area contributed by atoms with Crippen LogP contribution in [0.2, 0.25) is 0 Å². The molecular weight excluding hydrogens is 164 g/mol. The summed E-state index contributed by atoms with van der Waals surface area (Å²) >= 11 is 0. The molecule has 0 aromatic heterocycles. The highest BCUT2D eigenvalue weighted by molar-refractivity contribution is 5.53. The van der Waals surface area contributed by atoms with Crippen LogP contribution < -0.4 is 0 Å². The van der Waals surface area contributed by atoms with Crippen LogP contribution in [0.5, 0.6) is 0 Å². The number of carboxylic acid groups (broad SMARTS) is 2. The van der Waals surface area contributed by atoms with Crippen molar-refractivity contribution in [3.63, 3.8) is 0 Å². The lowest BCUT2D eigenvalue weighted by molar-refractivity contribution is 0.0202. The van der Waals surface area contributed by atoms with E-state index in [0.29, 0.717) is 0 Å². The predicted molar refractivity (Wildman–Crippen MR) is 43.2 cm³/mol. The maximum Gasteiger partial charge on any atom is 0.503 e. The van der Waals surface area contributed by atoms with Gasteiger partial charge in [-0.05, 0) is 6.92 Å². The molecule has 0 heterocycles. The molecule has 0 radical (unpaired) electrons. The van der Waals surface area contributed by atoms with E-state index < -0.39 is 12.3 Å². The van der Waals surface area contributed by atoms with E-state index in [2.05, 4.69) is 0 Å². The van der Waals surface area contributed by atoms with E-state index in [0.717, 1.165) is 0 Å². The number of rotatable bonds is 2. The SMILES string of the molecule is CC(O)C(C)(C)CO.O=C(O)O. The third-order valence-electron chi connectivity index (χ3n) is 1.54. The summed E-state index contributed by atoms with van der Waals surface area (Å²) in [5, 5.41) is 31.5. The molecule has 1 unspecified atom stereocenters. The van der Waals surface area contributed by atoms with Crippen LogP contribution in [0.1, 0.15) is 20.8 Å². The highest BCUT2D eigenvalue weighted by Crippen LogP contribution is 2.17. The highest BCUT2D eigenvalue weighted by Gasteiger charge is 2.22. The number of hydrogen-bond donors (Lipinski definition) is 4. The van der Waals surface area contributed by atoms with Gasteiger partial charge in [-0.3, -0.25) is 0 Å². The molecule has 74 valence electrons. The Morgan fingerprint density at radius 1 is 1.42 bits per heavy atom. The quantitative estimate of drug-likeness (QED) is 0.499. The summed E-state index contributed by atoms with van der Waals surface area (Å²) in [5.74, 6) is 0. The minimum atomic E-state index is -1.83. The zero-order valence-electron chi connectivity index (χ0n) is 7.48. The Balaban J connectivity index is 0. The van der Waals surface area contributed by atoms with E-state index >= 15 is 0 Å². The monoisotopic (exact) mass is 180 g/mol. The van der Waals surface area contributed by atoms with Gasteiger partial charge < -0.3 is 20.4 Å². The third kappa shape index (κ3) is 9.19. The molecule has 0 fully saturated rings. The Kier molecular flexibility index (Phi) is 6.64. The second-order valence-electron chi connectivity index (χ2n) is 3.11. The van der Waals surface area contributed by atoms with E-state index in [1.807, 2.05) is 13.8 Å². The van der Waals surface area contributed by atoms with Gasteiger partial charge in [0.25, 0.3) is 0 Å². The molecule has 5 heteroatoms. The number of hydrogen-bond acceptors (Lipinski definition) is 3. The van der Waals surface area contributed by atoms with Gasteiger partial charge in [-0.2, -0.15) is 0 Å². The van der Waals surface area contributed by atoms with Crippen molar-refractivity contribution >= 4 is 6.16 Å². The summed E-state index contributed by atoms with van der Waals surface area (Å²) in [6.45, 7) is 5.34. The molecule has 0 saturated carbocycles. The van der Waals surface area contributed by atoms with Gasteiger partial charge in [0.1, 0.15) is 0 Å². The first kappa shape index (κ1) is 13.8. The summed E-state index contributed by atoms with van der Waals surface area (Å²) in [6.07, 6.45) is -2.27. The van der Waals surface area contributed by atoms with Gasteiger partial charge >= 0.3 is 6.16 Å². The first-order chi connectivity index (χ1) is 5.24. The summed E-state index contributed by atoms with van der Waals surface area (Å²) in [4.78, 5) is 8.56. The van der Waals surface area contributed by atoms with Gasteiger partial charge in [0.2, 0.25) is 0 Å². The standard InChI is InChI=1S/C6H14O2.CH2O3/c1-5(8)6(2,3)4-7;2-1(3)4/h5,7-8H,4H2,1-3H3;(H2,2,3,4). The molecule has 0 aromatic carbocycles. The Bertz CT molecular complexity index is 126. The Labute approximate surface area is 71.3 Å². The number of aliphatic hydroxyl groups excluding tert-OH is 2. The molecule has 5 nitrogen and oxygen atoms in total. The largest absolute Gasteiger partial charge is 0.503 e. The van der Waals surface area contributed by atoms with Crippen molar-refractivity contribution in [3.8, 4) is 0 Å². The molecule has 0 rings (SSSR count). The fourth-order valence-electron chi connectivity index (χ4n) is 0.132. The molecule has 0 amide bonds. The molecule has 1 atom stereocenters. The van der Waals surface area contributed by atoms with Gasteiger partial charge in [0.15, 0.2) is 0 Å². The fraction of sp³-hybridized carbons (Fsp3) is 0.857. The highest BCUT2D eigenvalue weighted by atomic mass is 16.6. The van der Waals surface area contributed by atoms with E-state index in [1.54, 1.807) is 6.92 Å². The first-order valence-electron chi connectivity index (χ1n) is 3.45. The van der Waals surface area contributed by atoms with Gasteiger partial charge in [0.05, 0.1) is 12.7 Å². The van der Waals surface area contributed by atoms with E-state index in [-0.39, 0.29) is 12.0 Å². The molecule has 0 bridgehead atoms. The van der Waals surface area contributed by atoms with Crippen LogP contribution in [-0.4, -0.2) is 39.3 Å². The molecule has 0 aromatic rings. The average Bonchev–Trinajstić information content (AvgIpc) is 1.86. The van der Waals surface area contributed by atoms with Gasteiger partial charge in [-0.15, -0.1) is 0 Å². The zero-order valence-corrected chi connectivity index (χ0v) is 7.48. The normalized spacial score (nSPS) is 12.8. The molecule has 0 spiro atoms. The molecule has 12 heavy (non-hydrogen) atoms. The van der Waals surface area contributed by atoms with E-state index in [1.165, 1.54) is 0 Å². The van der Waals surface area contributed by atoms with Crippen LogP contribution in [0.15, 0.2) is 0 Å².